The molecule has 0 aliphatic carbocycles. The van der Waals surface area contributed by atoms with Gasteiger partial charge in [-0.2, -0.15) is 0 Å². The molecule has 2 aromatic heterocycles. The predicted molar refractivity (Wildman–Crippen MR) is 175 cm³/mol. The van der Waals surface area contributed by atoms with Gasteiger partial charge in [0.25, 0.3) is 0 Å². The van der Waals surface area contributed by atoms with E-state index in [0.29, 0.717) is 0 Å². The molecule has 2 heterocycles. The van der Waals surface area contributed by atoms with E-state index in [1.807, 2.05) is 18.2 Å². The zero-order valence-corrected chi connectivity index (χ0v) is 22.7. The van der Waals surface area contributed by atoms with E-state index in [4.69, 9.17) is 8.83 Å². The second-order valence-electron chi connectivity index (χ2n) is 10.8. The fraction of sp³-hybridized carbons (Fsp3) is 0. The first-order valence-corrected chi connectivity index (χ1v) is 14.3. The molecule has 196 valence electrons. The van der Waals surface area contributed by atoms with Crippen molar-refractivity contribution < 1.29 is 8.83 Å². The summed E-state index contributed by atoms with van der Waals surface area (Å²) in [6.45, 7) is 0. The topological polar surface area (TPSA) is 26.3 Å². The molecule has 0 N–H and O–H groups in total. The number of rotatable bonds is 3. The summed E-state index contributed by atoms with van der Waals surface area (Å²) in [5, 5.41) is 8.01. The normalized spacial score (nSPS) is 11.8. The first-order valence-electron chi connectivity index (χ1n) is 14.3. The van der Waals surface area contributed by atoms with E-state index in [1.165, 1.54) is 49.4 Å². The van der Waals surface area contributed by atoms with Gasteiger partial charge in [0.1, 0.15) is 16.7 Å². The monoisotopic (exact) mass is 536 g/mol. The Bertz CT molecular complexity index is 2380. The maximum Gasteiger partial charge on any atom is 0.142 e. The Morgan fingerprint density at radius 3 is 1.62 bits per heavy atom. The van der Waals surface area contributed by atoms with Crippen LogP contribution in [0, 0.1) is 0 Å². The van der Waals surface area contributed by atoms with E-state index in [9.17, 15) is 0 Å². The second kappa shape index (κ2) is 8.95. The molecule has 0 amide bonds. The second-order valence-corrected chi connectivity index (χ2v) is 10.8. The quantitative estimate of drug-likeness (QED) is 0.210. The first kappa shape index (κ1) is 23.1. The van der Waals surface area contributed by atoms with Gasteiger partial charge in [-0.25, -0.2) is 0 Å². The number of furan rings is 2. The van der Waals surface area contributed by atoms with Crippen LogP contribution in [-0.2, 0) is 0 Å². The Hall–Kier alpha value is -5.60. The van der Waals surface area contributed by atoms with E-state index in [0.717, 1.165) is 38.5 Å². The van der Waals surface area contributed by atoms with Gasteiger partial charge in [0, 0.05) is 27.3 Å². The minimum Gasteiger partial charge on any atom is -0.464 e. The van der Waals surface area contributed by atoms with Gasteiger partial charge in [0.15, 0.2) is 0 Å². The van der Waals surface area contributed by atoms with Gasteiger partial charge in [0.05, 0.1) is 6.26 Å². The molecule has 0 atom stereocenters. The highest BCUT2D eigenvalue weighted by atomic mass is 16.3. The van der Waals surface area contributed by atoms with Crippen molar-refractivity contribution >= 4 is 54.5 Å². The molecule has 2 heteroatoms. The summed E-state index contributed by atoms with van der Waals surface area (Å²) < 4.78 is 12.7. The van der Waals surface area contributed by atoms with Crippen molar-refractivity contribution in [3.63, 3.8) is 0 Å². The molecule has 0 radical (unpaired) electrons. The SMILES string of the molecule is c1ccc(-c2ccc(-c3c4ccccc4c(-c4c5occc5cc5oc6ccccc6c45)c4ccccc34)cc2)cc1. The van der Waals surface area contributed by atoms with Crippen LogP contribution in [-0.4, -0.2) is 0 Å². The van der Waals surface area contributed by atoms with Crippen LogP contribution in [0.25, 0.3) is 87.8 Å². The molecule has 9 rings (SSSR count). The standard InChI is InChI=1S/C40H24O2/c1-2-10-25(11-3-1)26-18-20-27(21-19-26)36-29-12-4-6-14-31(29)37(32-15-7-5-13-30(32)36)39-38-33-16-8-9-17-34(33)42-35(38)24-28-22-23-41-40(28)39/h1-24H. The summed E-state index contributed by atoms with van der Waals surface area (Å²) in [4.78, 5) is 0. The predicted octanol–water partition coefficient (Wildman–Crippen LogP) is 11.6. The fourth-order valence-electron chi connectivity index (χ4n) is 6.72. The lowest BCUT2D eigenvalue weighted by atomic mass is 9.84. The van der Waals surface area contributed by atoms with Gasteiger partial charge in [-0.3, -0.25) is 0 Å². The molecular weight excluding hydrogens is 512 g/mol. The zero-order chi connectivity index (χ0) is 27.6. The van der Waals surface area contributed by atoms with Crippen LogP contribution in [0.3, 0.4) is 0 Å². The molecule has 0 fully saturated rings. The lowest BCUT2D eigenvalue weighted by Gasteiger charge is -2.18. The number of hydrogen-bond acceptors (Lipinski definition) is 2. The number of para-hydroxylation sites is 1. The summed E-state index contributed by atoms with van der Waals surface area (Å²) in [6, 6.07) is 49.5. The Morgan fingerprint density at radius 1 is 0.381 bits per heavy atom. The van der Waals surface area contributed by atoms with Crippen molar-refractivity contribution in [3.05, 3.63) is 146 Å². The van der Waals surface area contributed by atoms with E-state index in [1.54, 1.807) is 6.26 Å². The molecule has 42 heavy (non-hydrogen) atoms. The van der Waals surface area contributed by atoms with Gasteiger partial charge >= 0.3 is 0 Å². The van der Waals surface area contributed by atoms with Crippen molar-refractivity contribution in [1.82, 2.24) is 0 Å². The summed E-state index contributed by atoms with van der Waals surface area (Å²) >= 11 is 0. The van der Waals surface area contributed by atoms with Gasteiger partial charge < -0.3 is 8.83 Å². The fourth-order valence-corrected chi connectivity index (χ4v) is 6.72. The average Bonchev–Trinajstić information content (AvgIpc) is 3.68. The Morgan fingerprint density at radius 2 is 0.929 bits per heavy atom. The zero-order valence-electron chi connectivity index (χ0n) is 22.7. The van der Waals surface area contributed by atoms with Gasteiger partial charge in [-0.05, 0) is 62.0 Å². The van der Waals surface area contributed by atoms with E-state index in [-0.39, 0.29) is 0 Å². The Balaban J connectivity index is 1.41. The summed E-state index contributed by atoms with van der Waals surface area (Å²) in [5.74, 6) is 0. The maximum absolute atomic E-state index is 6.42. The van der Waals surface area contributed by atoms with Crippen LogP contribution >= 0.6 is 0 Å². The molecule has 0 aliphatic rings. The molecule has 2 nitrogen and oxygen atoms in total. The lowest BCUT2D eigenvalue weighted by Crippen LogP contribution is -1.92. The van der Waals surface area contributed by atoms with E-state index >= 15 is 0 Å². The van der Waals surface area contributed by atoms with Crippen molar-refractivity contribution in [3.8, 4) is 33.4 Å². The van der Waals surface area contributed by atoms with Crippen LogP contribution in [0.15, 0.2) is 155 Å². The van der Waals surface area contributed by atoms with Crippen molar-refractivity contribution in [2.75, 3.05) is 0 Å². The maximum atomic E-state index is 6.42. The molecule has 0 bridgehead atoms. The third kappa shape index (κ3) is 3.33. The van der Waals surface area contributed by atoms with E-state index in [2.05, 4.69) is 121 Å². The highest BCUT2D eigenvalue weighted by Crippen LogP contribution is 2.49. The first-order chi connectivity index (χ1) is 20.8. The van der Waals surface area contributed by atoms with Crippen molar-refractivity contribution in [2.45, 2.75) is 0 Å². The highest BCUT2D eigenvalue weighted by Gasteiger charge is 2.23. The Kier molecular flexibility index (Phi) is 4.93. The Labute approximate surface area is 242 Å². The summed E-state index contributed by atoms with van der Waals surface area (Å²) in [7, 11) is 0. The third-order valence-corrected chi connectivity index (χ3v) is 8.54. The van der Waals surface area contributed by atoms with Crippen LogP contribution in [0.2, 0.25) is 0 Å². The molecule has 0 unspecified atom stereocenters. The number of benzene rings is 7. The van der Waals surface area contributed by atoms with Crippen LogP contribution < -0.4 is 0 Å². The minimum atomic E-state index is 0.869. The molecule has 0 aliphatic heterocycles. The molecule has 0 saturated heterocycles. The van der Waals surface area contributed by atoms with Gasteiger partial charge in [-0.15, -0.1) is 0 Å². The lowest BCUT2D eigenvalue weighted by molar-refractivity contribution is 0.617. The molecule has 9 aromatic rings. The smallest absolute Gasteiger partial charge is 0.142 e. The number of fused-ring (bicyclic) bond motifs is 6. The molecular formula is C40H24O2. The van der Waals surface area contributed by atoms with Crippen molar-refractivity contribution in [1.29, 1.82) is 0 Å². The highest BCUT2D eigenvalue weighted by molar-refractivity contribution is 6.29. The third-order valence-electron chi connectivity index (χ3n) is 8.54. The van der Waals surface area contributed by atoms with E-state index < -0.39 is 0 Å². The van der Waals surface area contributed by atoms with Gasteiger partial charge in [0.2, 0.25) is 0 Å². The molecule has 0 saturated carbocycles. The summed E-state index contributed by atoms with van der Waals surface area (Å²) in [5.41, 5.74) is 9.75. The molecule has 0 spiro atoms. The van der Waals surface area contributed by atoms with Crippen LogP contribution in [0.4, 0.5) is 0 Å². The molecule has 7 aromatic carbocycles. The van der Waals surface area contributed by atoms with Crippen LogP contribution in [0.1, 0.15) is 0 Å². The number of hydrogen-bond donors (Lipinski definition) is 0. The van der Waals surface area contributed by atoms with Gasteiger partial charge in [-0.1, -0.05) is 121 Å². The van der Waals surface area contributed by atoms with Crippen LogP contribution in [0.5, 0.6) is 0 Å². The summed E-state index contributed by atoms with van der Waals surface area (Å²) in [6.07, 6.45) is 1.78. The average molecular weight is 537 g/mol. The minimum absolute atomic E-state index is 0.869. The largest absolute Gasteiger partial charge is 0.464 e. The van der Waals surface area contributed by atoms with Crippen molar-refractivity contribution in [2.24, 2.45) is 0 Å².